The molecule has 0 saturated carbocycles. The summed E-state index contributed by atoms with van der Waals surface area (Å²) in [5.41, 5.74) is 2.16. The number of nitrogens with two attached hydrogens (primary N) is 1. The number of quaternary nitrogens is 1. The molecule has 22 heavy (non-hydrogen) atoms. The van der Waals surface area contributed by atoms with Crippen molar-refractivity contribution in [2.75, 3.05) is 13.2 Å². The van der Waals surface area contributed by atoms with E-state index >= 15 is 0 Å². The molecule has 0 aliphatic rings. The van der Waals surface area contributed by atoms with Crippen molar-refractivity contribution >= 4 is 11.6 Å². The monoisotopic (exact) mass is 321 g/mol. The van der Waals surface area contributed by atoms with Gasteiger partial charge >= 0.3 is 0 Å². The third-order valence-corrected chi connectivity index (χ3v) is 3.40. The van der Waals surface area contributed by atoms with Crippen LogP contribution in [0.4, 0.5) is 0 Å². The highest BCUT2D eigenvalue weighted by Gasteiger charge is 2.13. The minimum absolute atomic E-state index is 0.560. The van der Waals surface area contributed by atoms with Crippen molar-refractivity contribution in [3.05, 3.63) is 52.8 Å². The van der Waals surface area contributed by atoms with E-state index in [4.69, 9.17) is 21.1 Å². The van der Waals surface area contributed by atoms with Crippen molar-refractivity contribution in [3.63, 3.8) is 0 Å². The van der Waals surface area contributed by atoms with E-state index in [9.17, 15) is 0 Å². The second-order valence-corrected chi connectivity index (χ2v) is 5.20. The van der Waals surface area contributed by atoms with E-state index in [1.165, 1.54) is 0 Å². The van der Waals surface area contributed by atoms with Crippen LogP contribution in [0.5, 0.6) is 11.5 Å². The predicted octanol–water partition coefficient (Wildman–Crippen LogP) is 2.80. The summed E-state index contributed by atoms with van der Waals surface area (Å²) in [5.74, 6) is 1.33. The van der Waals surface area contributed by atoms with Gasteiger partial charge in [0.05, 0.1) is 23.9 Å². The first-order valence-corrected chi connectivity index (χ1v) is 7.92. The Morgan fingerprint density at radius 3 is 2.59 bits per heavy atom. The van der Waals surface area contributed by atoms with E-state index in [0.717, 1.165) is 24.3 Å². The van der Waals surface area contributed by atoms with Crippen LogP contribution < -0.4 is 14.8 Å². The van der Waals surface area contributed by atoms with Gasteiger partial charge in [0, 0.05) is 11.8 Å². The Labute approximate surface area is 136 Å². The quantitative estimate of drug-likeness (QED) is 0.813. The molecular formula is C17H22ClN2O2+. The average molecular weight is 322 g/mol. The lowest BCUT2D eigenvalue weighted by molar-refractivity contribution is -0.686. The van der Waals surface area contributed by atoms with Crippen LogP contribution in [-0.2, 0) is 13.1 Å². The van der Waals surface area contributed by atoms with Gasteiger partial charge in [-0.15, -0.1) is 0 Å². The number of hydrogen-bond acceptors (Lipinski definition) is 3. The molecule has 0 amide bonds. The minimum atomic E-state index is 0.560. The minimum Gasteiger partial charge on any atom is -0.490 e. The summed E-state index contributed by atoms with van der Waals surface area (Å²) in [5, 5.41) is 2.78. The van der Waals surface area contributed by atoms with E-state index in [0.29, 0.717) is 29.7 Å². The number of rotatable bonds is 8. The predicted molar refractivity (Wildman–Crippen MR) is 87.4 cm³/mol. The molecule has 0 saturated heterocycles. The number of halogens is 1. The molecule has 2 N–H and O–H groups in total. The molecule has 118 valence electrons. The third kappa shape index (κ3) is 4.61. The smallest absolute Gasteiger partial charge is 0.179 e. The maximum atomic E-state index is 6.31. The van der Waals surface area contributed by atoms with Crippen molar-refractivity contribution < 1.29 is 14.8 Å². The molecule has 0 unspecified atom stereocenters. The van der Waals surface area contributed by atoms with Crippen LogP contribution in [0.25, 0.3) is 0 Å². The molecule has 1 heterocycles. The first kappa shape index (κ1) is 16.6. The van der Waals surface area contributed by atoms with Crippen molar-refractivity contribution in [2.24, 2.45) is 0 Å². The summed E-state index contributed by atoms with van der Waals surface area (Å²) in [7, 11) is 0. The van der Waals surface area contributed by atoms with Crippen LogP contribution in [0.15, 0.2) is 36.5 Å². The summed E-state index contributed by atoms with van der Waals surface area (Å²) < 4.78 is 11.2. The highest BCUT2D eigenvalue weighted by Crippen LogP contribution is 2.36. The molecule has 0 aliphatic heterocycles. The van der Waals surface area contributed by atoms with E-state index in [1.54, 1.807) is 0 Å². The SMILES string of the molecule is CCOc1cc(C[NH2+]Cc2ccccn2)cc(Cl)c1OCC. The van der Waals surface area contributed by atoms with Crippen LogP contribution in [-0.4, -0.2) is 18.2 Å². The Bertz CT molecular complexity index is 591. The number of pyridine rings is 1. The molecule has 2 rings (SSSR count). The topological polar surface area (TPSA) is 48.0 Å². The molecule has 0 fully saturated rings. The maximum Gasteiger partial charge on any atom is 0.179 e. The molecule has 0 spiro atoms. The Morgan fingerprint density at radius 1 is 1.09 bits per heavy atom. The van der Waals surface area contributed by atoms with Gasteiger partial charge in [-0.3, -0.25) is 4.98 Å². The number of hydrogen-bond donors (Lipinski definition) is 1. The average Bonchev–Trinajstić information content (AvgIpc) is 2.52. The van der Waals surface area contributed by atoms with Crippen molar-refractivity contribution in [1.82, 2.24) is 4.98 Å². The van der Waals surface area contributed by atoms with E-state index in [2.05, 4.69) is 10.3 Å². The molecule has 1 aromatic carbocycles. The lowest BCUT2D eigenvalue weighted by Crippen LogP contribution is -2.80. The Balaban J connectivity index is 2.04. The highest BCUT2D eigenvalue weighted by molar-refractivity contribution is 6.32. The van der Waals surface area contributed by atoms with Crippen molar-refractivity contribution in [3.8, 4) is 11.5 Å². The zero-order valence-electron chi connectivity index (χ0n) is 13.0. The van der Waals surface area contributed by atoms with Crippen LogP contribution in [0.2, 0.25) is 5.02 Å². The normalized spacial score (nSPS) is 10.5. The van der Waals surface area contributed by atoms with E-state index < -0.39 is 0 Å². The second kappa shape index (κ2) is 8.61. The van der Waals surface area contributed by atoms with Crippen molar-refractivity contribution in [1.29, 1.82) is 0 Å². The number of aromatic nitrogens is 1. The lowest BCUT2D eigenvalue weighted by atomic mass is 10.2. The van der Waals surface area contributed by atoms with E-state index in [1.807, 2.05) is 50.4 Å². The largest absolute Gasteiger partial charge is 0.490 e. The second-order valence-electron chi connectivity index (χ2n) is 4.79. The fraction of sp³-hybridized carbons (Fsp3) is 0.353. The Hall–Kier alpha value is -1.78. The highest BCUT2D eigenvalue weighted by atomic mass is 35.5. The van der Waals surface area contributed by atoms with E-state index in [-0.39, 0.29) is 0 Å². The molecule has 5 heteroatoms. The van der Waals surface area contributed by atoms with Gasteiger partial charge in [-0.05, 0) is 38.1 Å². The summed E-state index contributed by atoms with van der Waals surface area (Å²) in [6.45, 7) is 6.66. The fourth-order valence-corrected chi connectivity index (χ4v) is 2.48. The van der Waals surface area contributed by atoms with Gasteiger partial charge in [0.2, 0.25) is 0 Å². The third-order valence-electron chi connectivity index (χ3n) is 3.12. The molecule has 1 aromatic heterocycles. The molecule has 0 radical (unpaired) electrons. The molecular weight excluding hydrogens is 300 g/mol. The summed E-state index contributed by atoms with van der Waals surface area (Å²) in [6, 6.07) is 9.87. The maximum absolute atomic E-state index is 6.31. The number of ether oxygens (including phenoxy) is 2. The van der Waals surface area contributed by atoms with Gasteiger partial charge in [0.1, 0.15) is 13.1 Å². The van der Waals surface area contributed by atoms with Crippen LogP contribution in [0, 0.1) is 0 Å². The molecule has 2 aromatic rings. The van der Waals surface area contributed by atoms with Gasteiger partial charge in [0.25, 0.3) is 0 Å². The van der Waals surface area contributed by atoms with Gasteiger partial charge in [-0.1, -0.05) is 17.7 Å². The van der Waals surface area contributed by atoms with Gasteiger partial charge in [-0.25, -0.2) is 0 Å². The zero-order valence-corrected chi connectivity index (χ0v) is 13.8. The molecule has 0 aliphatic carbocycles. The number of benzene rings is 1. The van der Waals surface area contributed by atoms with Crippen molar-refractivity contribution in [2.45, 2.75) is 26.9 Å². The van der Waals surface area contributed by atoms with Crippen LogP contribution in [0.3, 0.4) is 0 Å². The van der Waals surface area contributed by atoms with Gasteiger partial charge in [0.15, 0.2) is 11.5 Å². The molecule has 0 bridgehead atoms. The van der Waals surface area contributed by atoms with Crippen LogP contribution >= 0.6 is 11.6 Å². The molecule has 0 atom stereocenters. The molecule has 4 nitrogen and oxygen atoms in total. The fourth-order valence-electron chi connectivity index (χ4n) is 2.19. The standard InChI is InChI=1S/C17H21ClN2O2/c1-3-21-16-10-13(9-15(18)17(16)22-4-2)11-19-12-14-7-5-6-8-20-14/h5-10,19H,3-4,11-12H2,1-2H3/p+1. The summed E-state index contributed by atoms with van der Waals surface area (Å²) in [6.07, 6.45) is 1.81. The first-order chi connectivity index (χ1) is 10.7. The Kier molecular flexibility index (Phi) is 6.49. The Morgan fingerprint density at radius 2 is 1.91 bits per heavy atom. The van der Waals surface area contributed by atoms with Crippen LogP contribution in [0.1, 0.15) is 25.1 Å². The lowest BCUT2D eigenvalue weighted by Gasteiger charge is -2.14. The number of nitrogens with zero attached hydrogens (tertiary/aromatic N) is 1. The van der Waals surface area contributed by atoms with Gasteiger partial charge < -0.3 is 14.8 Å². The zero-order chi connectivity index (χ0) is 15.8. The first-order valence-electron chi connectivity index (χ1n) is 7.54. The summed E-state index contributed by atoms with van der Waals surface area (Å²) in [4.78, 5) is 4.31. The summed E-state index contributed by atoms with van der Waals surface area (Å²) >= 11 is 6.31. The van der Waals surface area contributed by atoms with Gasteiger partial charge in [-0.2, -0.15) is 0 Å².